The van der Waals surface area contributed by atoms with Gasteiger partial charge in [-0.3, -0.25) is 23.5 Å². The fourth-order valence-corrected chi connectivity index (χ4v) is 5.12. The summed E-state index contributed by atoms with van der Waals surface area (Å²) >= 11 is 0. The van der Waals surface area contributed by atoms with Gasteiger partial charge in [0.05, 0.1) is 18.0 Å². The zero-order valence-electron chi connectivity index (χ0n) is 25.5. The van der Waals surface area contributed by atoms with Crippen molar-refractivity contribution < 1.29 is 32.7 Å². The van der Waals surface area contributed by atoms with E-state index in [1.807, 2.05) is 41.5 Å². The van der Waals surface area contributed by atoms with Crippen LogP contribution in [0.3, 0.4) is 0 Å². The van der Waals surface area contributed by atoms with Crippen molar-refractivity contribution in [3.63, 3.8) is 0 Å². The van der Waals surface area contributed by atoms with Gasteiger partial charge < -0.3 is 27.2 Å². The zero-order chi connectivity index (χ0) is 32.0. The van der Waals surface area contributed by atoms with Crippen molar-refractivity contribution in [1.82, 2.24) is 10.6 Å². The summed E-state index contributed by atoms with van der Waals surface area (Å²) in [5.41, 5.74) is 11.2. The highest BCUT2D eigenvalue weighted by Gasteiger charge is 2.34. The predicted molar refractivity (Wildman–Crippen MR) is 159 cm³/mol. The first-order valence-corrected chi connectivity index (χ1v) is 15.5. The van der Waals surface area contributed by atoms with Crippen molar-refractivity contribution in [1.29, 1.82) is 0 Å². The van der Waals surface area contributed by atoms with Gasteiger partial charge in [0.2, 0.25) is 33.7 Å². The average molecular weight is 598 g/mol. The quantitative estimate of drug-likeness (QED) is 0.201. The number of nitrogens with one attached hydrogen (secondary N) is 2. The summed E-state index contributed by atoms with van der Waals surface area (Å²) in [5, 5.41) is 17.0. The Balaban J connectivity index is 3.54. The molecule has 0 heterocycles. The monoisotopic (exact) mass is 597 g/mol. The van der Waals surface area contributed by atoms with Crippen molar-refractivity contribution in [3.8, 4) is 0 Å². The minimum absolute atomic E-state index is 0.00350. The van der Waals surface area contributed by atoms with Crippen LogP contribution in [0.2, 0.25) is 0 Å². The highest BCUT2D eigenvalue weighted by molar-refractivity contribution is 7.92. The fourth-order valence-electron chi connectivity index (χ4n) is 4.63. The predicted octanol–water partition coefficient (Wildman–Crippen LogP) is 1.46. The van der Waals surface area contributed by atoms with Gasteiger partial charge in [0.1, 0.15) is 6.04 Å². The highest BCUT2D eigenvalue weighted by Crippen LogP contribution is 2.37. The van der Waals surface area contributed by atoms with Crippen molar-refractivity contribution in [2.24, 2.45) is 29.2 Å². The highest BCUT2D eigenvalue weighted by atomic mass is 32.2. The Labute approximate surface area is 243 Å². The second-order valence-electron chi connectivity index (χ2n) is 11.7. The molecule has 1 rings (SSSR count). The Kier molecular flexibility index (Phi) is 12.8. The molecule has 13 heteroatoms. The van der Waals surface area contributed by atoms with Crippen LogP contribution in [0.4, 0.5) is 5.69 Å². The molecule has 0 spiro atoms. The standard InChI is InChI=1S/C28H47N5O7S/c1-14(2)10-19(22(34)11-17(7)27(37)32-24(15(3)4)28(38)31-16(5)6)23-20(25(29)35)12-18(13-21(23)26(30)36)33(8)41(9,39)40/h12-17,19,22,24,34H,10-11H2,1-9H3,(H2,29,35)(H2,30,36)(H,31,38)(H,32,37). The van der Waals surface area contributed by atoms with E-state index >= 15 is 0 Å². The van der Waals surface area contributed by atoms with Crippen LogP contribution in [0.15, 0.2) is 12.1 Å². The van der Waals surface area contributed by atoms with Crippen LogP contribution in [0.25, 0.3) is 0 Å². The lowest BCUT2D eigenvalue weighted by Crippen LogP contribution is -2.52. The second kappa shape index (κ2) is 14.6. The number of aliphatic hydroxyl groups is 1. The lowest BCUT2D eigenvalue weighted by Gasteiger charge is -2.31. The number of carbonyl (C=O) groups is 4. The Morgan fingerprint density at radius 1 is 0.878 bits per heavy atom. The fraction of sp³-hybridized carbons (Fsp3) is 0.643. The first-order chi connectivity index (χ1) is 18.7. The van der Waals surface area contributed by atoms with Gasteiger partial charge in [0.15, 0.2) is 0 Å². The van der Waals surface area contributed by atoms with Gasteiger partial charge in [-0.2, -0.15) is 0 Å². The first kappa shape index (κ1) is 35.8. The molecule has 0 aliphatic heterocycles. The normalized spacial score (nSPS) is 14.9. The Morgan fingerprint density at radius 2 is 1.37 bits per heavy atom. The number of nitrogens with zero attached hydrogens (tertiary/aromatic N) is 1. The second-order valence-corrected chi connectivity index (χ2v) is 13.8. The number of primary amides is 2. The third-order valence-corrected chi connectivity index (χ3v) is 8.04. The minimum Gasteiger partial charge on any atom is -0.392 e. The van der Waals surface area contributed by atoms with Crippen molar-refractivity contribution in [2.45, 2.75) is 85.4 Å². The molecule has 0 saturated heterocycles. The van der Waals surface area contributed by atoms with Gasteiger partial charge in [-0.05, 0) is 56.2 Å². The number of carbonyl (C=O) groups excluding carboxylic acids is 4. The van der Waals surface area contributed by atoms with E-state index in [1.165, 1.54) is 19.2 Å². The van der Waals surface area contributed by atoms with E-state index in [2.05, 4.69) is 10.6 Å². The van der Waals surface area contributed by atoms with Gasteiger partial charge >= 0.3 is 0 Å². The minimum atomic E-state index is -3.76. The summed E-state index contributed by atoms with van der Waals surface area (Å²) < 4.78 is 25.2. The van der Waals surface area contributed by atoms with Crippen LogP contribution in [0, 0.1) is 17.8 Å². The Hall–Kier alpha value is -3.19. The molecule has 1 aromatic carbocycles. The number of aliphatic hydroxyl groups excluding tert-OH is 1. The van der Waals surface area contributed by atoms with Gasteiger partial charge in [-0.1, -0.05) is 34.6 Å². The third-order valence-electron chi connectivity index (χ3n) is 6.84. The number of anilines is 1. The Morgan fingerprint density at radius 3 is 1.73 bits per heavy atom. The van der Waals surface area contributed by atoms with E-state index in [0.29, 0.717) is 6.42 Å². The van der Waals surface area contributed by atoms with Crippen LogP contribution in [0.1, 0.15) is 93.5 Å². The number of hydrogen-bond donors (Lipinski definition) is 5. The maximum Gasteiger partial charge on any atom is 0.249 e. The number of hydrogen-bond acceptors (Lipinski definition) is 7. The van der Waals surface area contributed by atoms with Crippen LogP contribution < -0.4 is 26.4 Å². The van der Waals surface area contributed by atoms with E-state index in [0.717, 1.165) is 10.6 Å². The molecule has 4 atom stereocenters. The molecule has 1 aromatic rings. The summed E-state index contributed by atoms with van der Waals surface area (Å²) in [6.45, 7) is 12.6. The molecular weight excluding hydrogens is 550 g/mol. The van der Waals surface area contributed by atoms with Crippen molar-refractivity contribution >= 4 is 39.3 Å². The van der Waals surface area contributed by atoms with E-state index in [9.17, 15) is 32.7 Å². The summed E-state index contributed by atoms with van der Waals surface area (Å²) in [6, 6.07) is 1.61. The van der Waals surface area contributed by atoms with Crippen LogP contribution in [-0.2, 0) is 19.6 Å². The lowest BCUT2D eigenvalue weighted by molar-refractivity contribution is -0.132. The van der Waals surface area contributed by atoms with Crippen LogP contribution in [0.5, 0.6) is 0 Å². The molecule has 41 heavy (non-hydrogen) atoms. The molecule has 4 amide bonds. The number of rotatable bonds is 15. The molecule has 232 valence electrons. The van der Waals surface area contributed by atoms with Crippen molar-refractivity contribution in [2.75, 3.05) is 17.6 Å². The third kappa shape index (κ3) is 9.99. The molecule has 0 radical (unpaired) electrons. The van der Waals surface area contributed by atoms with Crippen LogP contribution in [-0.4, -0.2) is 68.6 Å². The maximum atomic E-state index is 13.1. The van der Waals surface area contributed by atoms with Crippen LogP contribution >= 0.6 is 0 Å². The molecular formula is C28H47N5O7S. The number of nitrogens with two attached hydrogens (primary N) is 2. The number of sulfonamides is 1. The van der Waals surface area contributed by atoms with E-state index in [-0.39, 0.29) is 52.6 Å². The zero-order valence-corrected chi connectivity index (χ0v) is 26.3. The molecule has 0 bridgehead atoms. The smallest absolute Gasteiger partial charge is 0.249 e. The maximum absolute atomic E-state index is 13.1. The van der Waals surface area contributed by atoms with Gasteiger partial charge in [0.25, 0.3) is 0 Å². The summed E-state index contributed by atoms with van der Waals surface area (Å²) in [4.78, 5) is 51.0. The van der Waals surface area contributed by atoms with Gasteiger partial charge in [-0.25, -0.2) is 8.42 Å². The SMILES string of the molecule is CC(C)CC(c1c(C(N)=O)cc(N(C)S(C)(=O)=O)cc1C(N)=O)C(O)CC(C)C(=O)NC(C(=O)NC(C)C)C(C)C. The summed E-state index contributed by atoms with van der Waals surface area (Å²) in [5.74, 6) is -4.45. The molecule has 12 nitrogen and oxygen atoms in total. The molecule has 0 aliphatic rings. The van der Waals surface area contributed by atoms with Gasteiger partial charge in [-0.15, -0.1) is 0 Å². The lowest BCUT2D eigenvalue weighted by atomic mass is 9.78. The van der Waals surface area contributed by atoms with E-state index in [4.69, 9.17) is 11.5 Å². The summed E-state index contributed by atoms with van der Waals surface area (Å²) in [6.07, 6.45) is -0.0397. The first-order valence-electron chi connectivity index (χ1n) is 13.7. The average Bonchev–Trinajstić information content (AvgIpc) is 2.82. The number of benzene rings is 1. The topological polar surface area (TPSA) is 202 Å². The Bertz CT molecular complexity index is 1200. The molecule has 4 unspecified atom stereocenters. The molecule has 0 aromatic heterocycles. The van der Waals surface area contributed by atoms with E-state index in [1.54, 1.807) is 6.92 Å². The van der Waals surface area contributed by atoms with Gasteiger partial charge in [0, 0.05) is 36.1 Å². The van der Waals surface area contributed by atoms with E-state index < -0.39 is 51.7 Å². The molecule has 7 N–H and O–H groups in total. The molecule has 0 aliphatic carbocycles. The number of amides is 4. The largest absolute Gasteiger partial charge is 0.392 e. The molecule has 0 fully saturated rings. The molecule has 0 saturated carbocycles. The van der Waals surface area contributed by atoms with Crippen molar-refractivity contribution in [3.05, 3.63) is 28.8 Å². The summed E-state index contributed by atoms with van der Waals surface area (Å²) in [7, 11) is -2.50.